The third-order valence-corrected chi connectivity index (χ3v) is 2.01. The number of benzene rings is 1. The molecule has 6 heteroatoms. The lowest BCUT2D eigenvalue weighted by Gasteiger charge is -2.19. The van der Waals surface area contributed by atoms with E-state index >= 15 is 0 Å². The van der Waals surface area contributed by atoms with Gasteiger partial charge in [0.05, 0.1) is 12.2 Å². The molecule has 1 atom stereocenters. The predicted molar refractivity (Wildman–Crippen MR) is 53.1 cm³/mol. The third-order valence-electron chi connectivity index (χ3n) is 2.01. The van der Waals surface area contributed by atoms with Crippen molar-refractivity contribution in [1.29, 1.82) is 0 Å². The van der Waals surface area contributed by atoms with E-state index in [0.717, 1.165) is 25.1 Å². The second kappa shape index (κ2) is 4.44. The number of anilines is 1. The zero-order valence-electron chi connectivity index (χ0n) is 8.50. The molecule has 0 fully saturated rings. The Morgan fingerprint density at radius 2 is 2.12 bits per heavy atom. The van der Waals surface area contributed by atoms with E-state index in [2.05, 4.69) is 5.32 Å². The SMILES string of the molecule is CC(O)(CNc1cc(F)ccc1F)C(=O)O. The first-order valence-corrected chi connectivity index (χ1v) is 4.47. The minimum Gasteiger partial charge on any atom is -0.479 e. The van der Waals surface area contributed by atoms with Crippen molar-refractivity contribution in [3.63, 3.8) is 0 Å². The van der Waals surface area contributed by atoms with Crippen molar-refractivity contribution in [2.24, 2.45) is 0 Å². The van der Waals surface area contributed by atoms with Crippen molar-refractivity contribution >= 4 is 11.7 Å². The molecule has 4 nitrogen and oxygen atoms in total. The Balaban J connectivity index is 2.75. The van der Waals surface area contributed by atoms with E-state index in [0.29, 0.717) is 0 Å². The van der Waals surface area contributed by atoms with Crippen molar-refractivity contribution in [2.75, 3.05) is 11.9 Å². The summed E-state index contributed by atoms with van der Waals surface area (Å²) in [7, 11) is 0. The summed E-state index contributed by atoms with van der Waals surface area (Å²) < 4.78 is 25.8. The van der Waals surface area contributed by atoms with E-state index in [4.69, 9.17) is 5.11 Å². The van der Waals surface area contributed by atoms with Crippen molar-refractivity contribution in [3.05, 3.63) is 29.8 Å². The Morgan fingerprint density at radius 3 is 2.69 bits per heavy atom. The number of carbonyl (C=O) groups is 1. The van der Waals surface area contributed by atoms with Crippen molar-refractivity contribution < 1.29 is 23.8 Å². The van der Waals surface area contributed by atoms with Crippen LogP contribution in [0.5, 0.6) is 0 Å². The maximum absolute atomic E-state index is 13.1. The number of aliphatic carboxylic acids is 1. The van der Waals surface area contributed by atoms with Gasteiger partial charge in [-0.2, -0.15) is 0 Å². The van der Waals surface area contributed by atoms with Gasteiger partial charge >= 0.3 is 5.97 Å². The molecule has 1 aromatic carbocycles. The smallest absolute Gasteiger partial charge is 0.337 e. The predicted octanol–water partition coefficient (Wildman–Crippen LogP) is 1.21. The number of carboxylic acids is 1. The molecule has 0 radical (unpaired) electrons. The summed E-state index contributed by atoms with van der Waals surface area (Å²) in [6.07, 6.45) is 0. The molecular formula is C10H11F2NO3. The number of nitrogens with one attached hydrogen (secondary N) is 1. The van der Waals surface area contributed by atoms with Crippen LogP contribution in [0, 0.1) is 11.6 Å². The highest BCUT2D eigenvalue weighted by Crippen LogP contribution is 2.16. The van der Waals surface area contributed by atoms with Crippen molar-refractivity contribution in [2.45, 2.75) is 12.5 Å². The normalized spacial score (nSPS) is 14.2. The Kier molecular flexibility index (Phi) is 3.44. The molecule has 0 saturated carbocycles. The number of rotatable bonds is 4. The van der Waals surface area contributed by atoms with E-state index < -0.39 is 29.7 Å². The molecule has 0 bridgehead atoms. The molecular weight excluding hydrogens is 220 g/mol. The second-order valence-corrected chi connectivity index (χ2v) is 3.56. The molecule has 16 heavy (non-hydrogen) atoms. The fourth-order valence-corrected chi connectivity index (χ4v) is 0.976. The van der Waals surface area contributed by atoms with Crippen LogP contribution in [-0.4, -0.2) is 28.3 Å². The molecule has 0 aliphatic rings. The van der Waals surface area contributed by atoms with E-state index in [1.807, 2.05) is 0 Å². The lowest BCUT2D eigenvalue weighted by atomic mass is 10.1. The van der Waals surface area contributed by atoms with Gasteiger partial charge in [0.2, 0.25) is 0 Å². The van der Waals surface area contributed by atoms with Crippen LogP contribution >= 0.6 is 0 Å². The summed E-state index contributed by atoms with van der Waals surface area (Å²) in [4.78, 5) is 10.5. The van der Waals surface area contributed by atoms with Gasteiger partial charge in [-0.15, -0.1) is 0 Å². The zero-order valence-corrected chi connectivity index (χ0v) is 8.50. The summed E-state index contributed by atoms with van der Waals surface area (Å²) in [5.41, 5.74) is -2.24. The first-order valence-electron chi connectivity index (χ1n) is 4.47. The number of carboxylic acid groups (broad SMARTS) is 1. The molecule has 1 aromatic rings. The van der Waals surface area contributed by atoms with Crippen molar-refractivity contribution in [3.8, 4) is 0 Å². The minimum atomic E-state index is -2.04. The van der Waals surface area contributed by atoms with Crippen LogP contribution in [-0.2, 0) is 4.79 Å². The fourth-order valence-electron chi connectivity index (χ4n) is 0.976. The molecule has 0 aliphatic heterocycles. The van der Waals surface area contributed by atoms with Crippen LogP contribution in [0.3, 0.4) is 0 Å². The second-order valence-electron chi connectivity index (χ2n) is 3.56. The van der Waals surface area contributed by atoms with Gasteiger partial charge in [-0.05, 0) is 25.1 Å². The topological polar surface area (TPSA) is 69.6 Å². The monoisotopic (exact) mass is 231 g/mol. The Hall–Kier alpha value is -1.69. The van der Waals surface area contributed by atoms with Gasteiger partial charge in [-0.25, -0.2) is 13.6 Å². The van der Waals surface area contributed by atoms with Gasteiger partial charge in [0.15, 0.2) is 5.60 Å². The number of halogens is 2. The lowest BCUT2D eigenvalue weighted by Crippen LogP contribution is -2.41. The average Bonchev–Trinajstić information content (AvgIpc) is 2.19. The zero-order chi connectivity index (χ0) is 12.3. The third kappa shape index (κ3) is 2.90. The van der Waals surface area contributed by atoms with E-state index in [1.165, 1.54) is 0 Å². The molecule has 0 heterocycles. The first kappa shape index (κ1) is 12.4. The van der Waals surface area contributed by atoms with Gasteiger partial charge in [0.1, 0.15) is 11.6 Å². The maximum atomic E-state index is 13.1. The van der Waals surface area contributed by atoms with Gasteiger partial charge in [0, 0.05) is 0 Å². The number of aliphatic hydroxyl groups is 1. The Labute approximate surface area is 90.5 Å². The number of hydrogen-bond acceptors (Lipinski definition) is 3. The van der Waals surface area contributed by atoms with Crippen LogP contribution in [0.25, 0.3) is 0 Å². The molecule has 88 valence electrons. The summed E-state index contributed by atoms with van der Waals surface area (Å²) in [5, 5.41) is 20.2. The minimum absolute atomic E-state index is 0.193. The van der Waals surface area contributed by atoms with Crippen LogP contribution < -0.4 is 5.32 Å². The number of hydrogen-bond donors (Lipinski definition) is 3. The van der Waals surface area contributed by atoms with E-state index in [9.17, 15) is 18.7 Å². The van der Waals surface area contributed by atoms with E-state index in [1.54, 1.807) is 0 Å². The summed E-state index contributed by atoms with van der Waals surface area (Å²) in [6.45, 7) is 0.627. The molecule has 1 unspecified atom stereocenters. The van der Waals surface area contributed by atoms with Gasteiger partial charge in [0.25, 0.3) is 0 Å². The summed E-state index contributed by atoms with van der Waals surface area (Å²) >= 11 is 0. The van der Waals surface area contributed by atoms with E-state index in [-0.39, 0.29) is 5.69 Å². The summed E-state index contributed by atoms with van der Waals surface area (Å²) in [6, 6.07) is 2.73. The highest BCUT2D eigenvalue weighted by Gasteiger charge is 2.29. The van der Waals surface area contributed by atoms with Crippen LogP contribution in [0.2, 0.25) is 0 Å². The fraction of sp³-hybridized carbons (Fsp3) is 0.300. The largest absolute Gasteiger partial charge is 0.479 e. The van der Waals surface area contributed by atoms with Crippen LogP contribution in [0.15, 0.2) is 18.2 Å². The van der Waals surface area contributed by atoms with Crippen LogP contribution in [0.1, 0.15) is 6.92 Å². The standard InChI is InChI=1S/C10H11F2NO3/c1-10(16,9(14)15)5-13-8-4-6(11)2-3-7(8)12/h2-4,13,16H,5H2,1H3,(H,14,15). The first-order chi connectivity index (χ1) is 7.33. The molecule has 0 amide bonds. The van der Waals surface area contributed by atoms with Gasteiger partial charge in [-0.3, -0.25) is 0 Å². The maximum Gasteiger partial charge on any atom is 0.337 e. The molecule has 1 rings (SSSR count). The Bertz CT molecular complexity index is 407. The molecule has 0 spiro atoms. The van der Waals surface area contributed by atoms with Gasteiger partial charge in [-0.1, -0.05) is 0 Å². The quantitative estimate of drug-likeness (QED) is 0.728. The van der Waals surface area contributed by atoms with Crippen LogP contribution in [0.4, 0.5) is 14.5 Å². The van der Waals surface area contributed by atoms with Gasteiger partial charge < -0.3 is 15.5 Å². The molecule has 0 aliphatic carbocycles. The molecule has 0 saturated heterocycles. The highest BCUT2D eigenvalue weighted by atomic mass is 19.1. The summed E-state index contributed by atoms with van der Waals surface area (Å²) in [5.74, 6) is -2.82. The lowest BCUT2D eigenvalue weighted by molar-refractivity contribution is -0.155. The molecule has 0 aromatic heterocycles. The molecule has 3 N–H and O–H groups in total. The average molecular weight is 231 g/mol. The van der Waals surface area contributed by atoms with Crippen molar-refractivity contribution in [1.82, 2.24) is 0 Å². The highest BCUT2D eigenvalue weighted by molar-refractivity contribution is 5.77. The Morgan fingerprint density at radius 1 is 1.50 bits per heavy atom.